The van der Waals surface area contributed by atoms with Gasteiger partial charge in [-0.25, -0.2) is 13.1 Å². The highest BCUT2D eigenvalue weighted by atomic mass is 32.2. The molecule has 150 valence electrons. The number of benzene rings is 2. The van der Waals surface area contributed by atoms with E-state index in [1.807, 2.05) is 12.1 Å². The van der Waals surface area contributed by atoms with E-state index in [1.165, 1.54) is 19.1 Å². The largest absolute Gasteiger partial charge is 0.378 e. The maximum atomic E-state index is 12.4. The van der Waals surface area contributed by atoms with Gasteiger partial charge in [0, 0.05) is 37.9 Å². The number of nitrogens with one attached hydrogen (secondary N) is 2. The van der Waals surface area contributed by atoms with E-state index in [0.29, 0.717) is 18.7 Å². The predicted octanol–water partition coefficient (Wildman–Crippen LogP) is 2.00. The fourth-order valence-electron chi connectivity index (χ4n) is 3.03. The van der Waals surface area contributed by atoms with Crippen LogP contribution in [-0.2, 0) is 26.0 Å². The lowest BCUT2D eigenvalue weighted by molar-refractivity contribution is -0.114. The van der Waals surface area contributed by atoms with E-state index in [9.17, 15) is 13.2 Å². The maximum absolute atomic E-state index is 12.4. The van der Waals surface area contributed by atoms with E-state index in [0.717, 1.165) is 37.6 Å². The molecule has 3 rings (SSSR count). The first-order valence-corrected chi connectivity index (χ1v) is 10.7. The Morgan fingerprint density at radius 1 is 1.04 bits per heavy atom. The Hall–Kier alpha value is -2.42. The van der Waals surface area contributed by atoms with Crippen molar-refractivity contribution in [3.05, 3.63) is 54.1 Å². The number of hydrogen-bond acceptors (Lipinski definition) is 5. The predicted molar refractivity (Wildman–Crippen MR) is 109 cm³/mol. The highest BCUT2D eigenvalue weighted by Crippen LogP contribution is 2.17. The summed E-state index contributed by atoms with van der Waals surface area (Å²) in [5.74, 6) is -0.201. The summed E-state index contributed by atoms with van der Waals surface area (Å²) < 4.78 is 32.8. The number of carbonyl (C=O) groups excluding carboxylic acids is 1. The Morgan fingerprint density at radius 2 is 1.68 bits per heavy atom. The van der Waals surface area contributed by atoms with Crippen LogP contribution in [0, 0.1) is 0 Å². The maximum Gasteiger partial charge on any atom is 0.240 e. The average molecular weight is 404 g/mol. The van der Waals surface area contributed by atoms with Gasteiger partial charge in [-0.2, -0.15) is 0 Å². The molecular weight excluding hydrogens is 378 g/mol. The molecule has 28 heavy (non-hydrogen) atoms. The average Bonchev–Trinajstić information content (AvgIpc) is 2.69. The summed E-state index contributed by atoms with van der Waals surface area (Å²) >= 11 is 0. The van der Waals surface area contributed by atoms with Crippen molar-refractivity contribution in [1.82, 2.24) is 4.72 Å². The lowest BCUT2D eigenvalue weighted by Crippen LogP contribution is -2.36. The highest BCUT2D eigenvalue weighted by Gasteiger charge is 2.14. The first-order chi connectivity index (χ1) is 13.4. The van der Waals surface area contributed by atoms with Gasteiger partial charge in [0.05, 0.1) is 18.1 Å². The quantitative estimate of drug-likeness (QED) is 0.738. The molecule has 0 radical (unpaired) electrons. The topological polar surface area (TPSA) is 87.7 Å². The summed E-state index contributed by atoms with van der Waals surface area (Å²) in [5, 5.41) is 2.61. The van der Waals surface area contributed by atoms with Crippen molar-refractivity contribution >= 4 is 27.3 Å². The summed E-state index contributed by atoms with van der Waals surface area (Å²) in [6.45, 7) is 4.98. The first-order valence-electron chi connectivity index (χ1n) is 9.23. The molecule has 2 aromatic carbocycles. The number of sulfonamides is 1. The Kier molecular flexibility index (Phi) is 6.66. The summed E-state index contributed by atoms with van der Waals surface area (Å²) in [4.78, 5) is 13.5. The van der Waals surface area contributed by atoms with Crippen LogP contribution in [0.1, 0.15) is 12.5 Å². The normalized spacial score (nSPS) is 14.7. The smallest absolute Gasteiger partial charge is 0.240 e. The Morgan fingerprint density at radius 3 is 2.29 bits per heavy atom. The van der Waals surface area contributed by atoms with E-state index in [4.69, 9.17) is 4.74 Å². The van der Waals surface area contributed by atoms with Crippen LogP contribution in [0.3, 0.4) is 0 Å². The first kappa shape index (κ1) is 20.3. The van der Waals surface area contributed by atoms with Crippen molar-refractivity contribution in [2.24, 2.45) is 0 Å². The van der Waals surface area contributed by atoms with Crippen LogP contribution in [0.15, 0.2) is 53.4 Å². The molecule has 0 aliphatic carbocycles. The third kappa shape index (κ3) is 5.54. The Balaban J connectivity index is 1.52. The minimum atomic E-state index is -3.59. The monoisotopic (exact) mass is 403 g/mol. The number of amides is 1. The van der Waals surface area contributed by atoms with Crippen LogP contribution in [0.25, 0.3) is 0 Å². The van der Waals surface area contributed by atoms with Gasteiger partial charge in [-0.05, 0) is 48.4 Å². The molecule has 7 nitrogen and oxygen atoms in total. The summed E-state index contributed by atoms with van der Waals surface area (Å²) in [7, 11) is -3.59. The molecule has 1 fully saturated rings. The fourth-order valence-corrected chi connectivity index (χ4v) is 4.06. The Labute approximate surface area is 165 Å². The molecule has 0 aromatic heterocycles. The molecule has 0 bridgehead atoms. The van der Waals surface area contributed by atoms with Gasteiger partial charge in [-0.15, -0.1) is 0 Å². The van der Waals surface area contributed by atoms with Gasteiger partial charge in [0.1, 0.15) is 0 Å². The van der Waals surface area contributed by atoms with Crippen molar-refractivity contribution < 1.29 is 17.9 Å². The van der Waals surface area contributed by atoms with Crippen LogP contribution >= 0.6 is 0 Å². The van der Waals surface area contributed by atoms with E-state index < -0.39 is 10.0 Å². The minimum Gasteiger partial charge on any atom is -0.378 e. The van der Waals surface area contributed by atoms with Crippen molar-refractivity contribution in [2.45, 2.75) is 18.2 Å². The molecule has 0 atom stereocenters. The standard InChI is InChI=1S/C20H25N3O4S/c1-16(24)22-18-4-8-20(9-5-18)28(25,26)21-11-10-17-2-6-19(7-3-17)23-12-14-27-15-13-23/h2-9,21H,10-15H2,1H3,(H,22,24). The second-order valence-corrected chi connectivity index (χ2v) is 8.39. The zero-order valence-electron chi connectivity index (χ0n) is 15.8. The molecule has 2 N–H and O–H groups in total. The van der Waals surface area contributed by atoms with Gasteiger partial charge in [-0.1, -0.05) is 12.1 Å². The number of carbonyl (C=O) groups is 1. The number of morpholine rings is 1. The molecule has 0 spiro atoms. The van der Waals surface area contributed by atoms with Crippen molar-refractivity contribution in [3.63, 3.8) is 0 Å². The molecule has 8 heteroatoms. The second kappa shape index (κ2) is 9.18. The van der Waals surface area contributed by atoms with Gasteiger partial charge < -0.3 is 15.0 Å². The number of hydrogen-bond donors (Lipinski definition) is 2. The van der Waals surface area contributed by atoms with E-state index >= 15 is 0 Å². The van der Waals surface area contributed by atoms with Crippen LogP contribution < -0.4 is 14.9 Å². The van der Waals surface area contributed by atoms with Crippen LogP contribution in [0.2, 0.25) is 0 Å². The molecular formula is C20H25N3O4S. The third-order valence-corrected chi connectivity index (χ3v) is 5.98. The summed E-state index contributed by atoms with van der Waals surface area (Å²) in [6, 6.07) is 14.3. The molecule has 1 saturated heterocycles. The Bertz CT molecular complexity index is 890. The molecule has 1 aliphatic rings. The molecule has 1 heterocycles. The van der Waals surface area contributed by atoms with E-state index in [2.05, 4.69) is 27.1 Å². The zero-order chi connectivity index (χ0) is 20.0. The summed E-state index contributed by atoms with van der Waals surface area (Å²) in [5.41, 5.74) is 2.79. The molecule has 1 aliphatic heterocycles. The zero-order valence-corrected chi connectivity index (χ0v) is 16.7. The molecule has 0 unspecified atom stereocenters. The lowest BCUT2D eigenvalue weighted by Gasteiger charge is -2.28. The number of ether oxygens (including phenoxy) is 1. The van der Waals surface area contributed by atoms with Crippen LogP contribution in [0.5, 0.6) is 0 Å². The lowest BCUT2D eigenvalue weighted by atomic mass is 10.1. The fraction of sp³-hybridized carbons (Fsp3) is 0.350. The van der Waals surface area contributed by atoms with Crippen LogP contribution in [0.4, 0.5) is 11.4 Å². The summed E-state index contributed by atoms with van der Waals surface area (Å²) in [6.07, 6.45) is 0.604. The third-order valence-electron chi connectivity index (χ3n) is 4.50. The highest BCUT2D eigenvalue weighted by molar-refractivity contribution is 7.89. The minimum absolute atomic E-state index is 0.171. The van der Waals surface area contributed by atoms with Gasteiger partial charge in [-0.3, -0.25) is 4.79 Å². The molecule has 2 aromatic rings. The number of anilines is 2. The number of nitrogens with zero attached hydrogens (tertiary/aromatic N) is 1. The van der Waals surface area contributed by atoms with Gasteiger partial charge in [0.15, 0.2) is 0 Å². The second-order valence-electron chi connectivity index (χ2n) is 6.62. The van der Waals surface area contributed by atoms with Gasteiger partial charge in [0.2, 0.25) is 15.9 Å². The van der Waals surface area contributed by atoms with E-state index in [-0.39, 0.29) is 10.8 Å². The van der Waals surface area contributed by atoms with Gasteiger partial charge >= 0.3 is 0 Å². The van der Waals surface area contributed by atoms with Gasteiger partial charge in [0.25, 0.3) is 0 Å². The molecule has 1 amide bonds. The number of rotatable bonds is 7. The van der Waals surface area contributed by atoms with Crippen molar-refractivity contribution in [1.29, 1.82) is 0 Å². The molecule has 0 saturated carbocycles. The van der Waals surface area contributed by atoms with E-state index in [1.54, 1.807) is 12.1 Å². The SMILES string of the molecule is CC(=O)Nc1ccc(S(=O)(=O)NCCc2ccc(N3CCOCC3)cc2)cc1. The van der Waals surface area contributed by atoms with Crippen molar-refractivity contribution in [2.75, 3.05) is 43.1 Å². The van der Waals surface area contributed by atoms with Crippen molar-refractivity contribution in [3.8, 4) is 0 Å². The van der Waals surface area contributed by atoms with Crippen LogP contribution in [-0.4, -0.2) is 47.2 Å².